The van der Waals surface area contributed by atoms with Gasteiger partial charge in [-0.3, -0.25) is 4.79 Å². The summed E-state index contributed by atoms with van der Waals surface area (Å²) in [7, 11) is 0. The molecule has 160 valence electrons. The maximum absolute atomic E-state index is 13.5. The van der Waals surface area contributed by atoms with E-state index >= 15 is 0 Å². The first-order valence-corrected chi connectivity index (χ1v) is 11.5. The number of aliphatic hydroxyl groups is 1. The lowest BCUT2D eigenvalue weighted by molar-refractivity contribution is -0.115. The average molecular weight is 407 g/mol. The van der Waals surface area contributed by atoms with Crippen molar-refractivity contribution in [1.82, 2.24) is 4.90 Å². The second kappa shape index (κ2) is 8.81. The van der Waals surface area contributed by atoms with Crippen LogP contribution >= 0.6 is 0 Å². The Morgan fingerprint density at radius 1 is 1.03 bits per heavy atom. The zero-order chi connectivity index (χ0) is 21.1. The quantitative estimate of drug-likeness (QED) is 0.756. The fraction of sp³-hybridized carbons (Fsp3) is 0.500. The number of hydrogen-bond acceptors (Lipinski definition) is 3. The van der Waals surface area contributed by atoms with E-state index in [0.717, 1.165) is 49.9 Å². The summed E-state index contributed by atoms with van der Waals surface area (Å²) >= 11 is 0. The number of likely N-dealkylation sites (tertiary alicyclic amines) is 1. The number of hydrogen-bond donors (Lipinski definition) is 1. The zero-order valence-corrected chi connectivity index (χ0v) is 18.3. The van der Waals surface area contributed by atoms with Gasteiger partial charge < -0.3 is 14.9 Å². The first kappa shape index (κ1) is 20.9. The van der Waals surface area contributed by atoms with E-state index in [9.17, 15) is 9.90 Å². The monoisotopic (exact) mass is 406 g/mol. The summed E-state index contributed by atoms with van der Waals surface area (Å²) in [5.41, 5.74) is 2.41. The van der Waals surface area contributed by atoms with Gasteiger partial charge in [0, 0.05) is 36.8 Å². The fourth-order valence-electron chi connectivity index (χ4n) is 5.54. The Morgan fingerprint density at radius 2 is 1.73 bits per heavy atom. The number of anilines is 1. The van der Waals surface area contributed by atoms with E-state index < -0.39 is 5.60 Å². The van der Waals surface area contributed by atoms with Gasteiger partial charge in [0.05, 0.1) is 11.6 Å². The second-order valence-corrected chi connectivity index (χ2v) is 8.78. The Morgan fingerprint density at radius 3 is 2.40 bits per heavy atom. The molecule has 2 aromatic rings. The number of piperidine rings is 1. The molecule has 0 bridgehead atoms. The van der Waals surface area contributed by atoms with Crippen LogP contribution in [0.25, 0.3) is 0 Å². The van der Waals surface area contributed by atoms with E-state index in [4.69, 9.17) is 0 Å². The van der Waals surface area contributed by atoms with Crippen LogP contribution in [0.5, 0.6) is 0 Å². The lowest BCUT2D eigenvalue weighted by Crippen LogP contribution is -2.56. The Labute approximate surface area is 180 Å². The number of benzene rings is 2. The van der Waals surface area contributed by atoms with Crippen LogP contribution in [-0.4, -0.2) is 41.1 Å². The number of nitrogens with zero attached hydrogens (tertiary/aromatic N) is 2. The Bertz CT molecular complexity index is 847. The van der Waals surface area contributed by atoms with Crippen LogP contribution in [0, 0.1) is 5.92 Å². The molecule has 1 N–H and O–H groups in total. The zero-order valence-electron chi connectivity index (χ0n) is 18.3. The molecule has 1 heterocycles. The summed E-state index contributed by atoms with van der Waals surface area (Å²) in [4.78, 5) is 17.8. The van der Waals surface area contributed by atoms with Crippen LogP contribution in [-0.2, 0) is 0 Å². The van der Waals surface area contributed by atoms with E-state index in [2.05, 4.69) is 43.0 Å². The molecular weight excluding hydrogens is 372 g/mol. The molecular formula is C26H34N2O2. The van der Waals surface area contributed by atoms with Crippen molar-refractivity contribution in [2.24, 2.45) is 5.92 Å². The van der Waals surface area contributed by atoms with Gasteiger partial charge in [-0.2, -0.15) is 0 Å². The van der Waals surface area contributed by atoms with Crippen LogP contribution < -0.4 is 4.90 Å². The molecule has 2 aromatic carbocycles. The molecule has 2 aliphatic rings. The molecule has 1 amide bonds. The minimum atomic E-state index is -0.659. The first-order chi connectivity index (χ1) is 14.6. The lowest BCUT2D eigenvalue weighted by Gasteiger charge is -2.52. The molecule has 0 radical (unpaired) electrons. The van der Waals surface area contributed by atoms with Gasteiger partial charge in [-0.1, -0.05) is 43.2 Å². The number of carbonyl (C=O) groups is 1. The molecule has 0 aromatic heterocycles. The van der Waals surface area contributed by atoms with Gasteiger partial charge in [0.1, 0.15) is 0 Å². The van der Waals surface area contributed by atoms with E-state index in [-0.39, 0.29) is 17.9 Å². The highest BCUT2D eigenvalue weighted by Gasteiger charge is 2.50. The van der Waals surface area contributed by atoms with Crippen LogP contribution in [0.1, 0.15) is 67.9 Å². The van der Waals surface area contributed by atoms with Gasteiger partial charge in [-0.05, 0) is 62.9 Å². The average Bonchev–Trinajstić information content (AvgIpc) is 2.79. The van der Waals surface area contributed by atoms with Gasteiger partial charge in [-0.15, -0.1) is 0 Å². The van der Waals surface area contributed by atoms with Crippen molar-refractivity contribution in [1.29, 1.82) is 0 Å². The van der Waals surface area contributed by atoms with Crippen molar-refractivity contribution in [3.05, 3.63) is 65.7 Å². The fourth-order valence-corrected chi connectivity index (χ4v) is 5.54. The lowest BCUT2D eigenvalue weighted by atomic mass is 9.66. The Kier molecular flexibility index (Phi) is 6.14. The normalized spacial score (nSPS) is 26.2. The van der Waals surface area contributed by atoms with Crippen molar-refractivity contribution in [3.63, 3.8) is 0 Å². The van der Waals surface area contributed by atoms with Gasteiger partial charge in [-0.25, -0.2) is 0 Å². The van der Waals surface area contributed by atoms with Gasteiger partial charge in [0.15, 0.2) is 0 Å². The molecule has 1 saturated carbocycles. The molecule has 0 unspecified atom stereocenters. The predicted molar refractivity (Wildman–Crippen MR) is 122 cm³/mol. The standard InChI is InChI=1S/C26H34N2O2/c1-3-27(4-2)22-15-13-20(14-16-22)24-23-12-8-9-17-26(23,30)18-19-28(24)25(29)21-10-6-5-7-11-21/h5-7,10-11,13-16,23-24,30H,3-4,8-9,12,17-19H2,1-2H3/t23-,24+,26+/m1/s1. The summed E-state index contributed by atoms with van der Waals surface area (Å²) in [5, 5.41) is 11.5. The third-order valence-electron chi connectivity index (χ3n) is 7.21. The summed E-state index contributed by atoms with van der Waals surface area (Å²) in [6.07, 6.45) is 4.68. The molecule has 4 rings (SSSR count). The number of fused-ring (bicyclic) bond motifs is 1. The Balaban J connectivity index is 1.71. The predicted octanol–water partition coefficient (Wildman–Crippen LogP) is 5.04. The summed E-state index contributed by atoms with van der Waals surface area (Å²) in [5.74, 6) is 0.160. The maximum atomic E-state index is 13.5. The molecule has 4 heteroatoms. The van der Waals surface area contributed by atoms with Crippen molar-refractivity contribution in [3.8, 4) is 0 Å². The molecule has 2 fully saturated rings. The molecule has 1 aliphatic carbocycles. The van der Waals surface area contributed by atoms with Crippen LogP contribution in [0.3, 0.4) is 0 Å². The highest BCUT2D eigenvalue weighted by Crippen LogP contribution is 2.49. The van der Waals surface area contributed by atoms with Crippen LogP contribution in [0.2, 0.25) is 0 Å². The van der Waals surface area contributed by atoms with Crippen molar-refractivity contribution >= 4 is 11.6 Å². The van der Waals surface area contributed by atoms with Gasteiger partial charge in [0.2, 0.25) is 0 Å². The topological polar surface area (TPSA) is 43.8 Å². The summed E-state index contributed by atoms with van der Waals surface area (Å²) in [6, 6.07) is 18.2. The van der Waals surface area contributed by atoms with Crippen LogP contribution in [0.4, 0.5) is 5.69 Å². The SMILES string of the molecule is CCN(CC)c1ccc([C@H]2[C@H]3CCCC[C@]3(O)CCN2C(=O)c2ccccc2)cc1. The summed E-state index contributed by atoms with van der Waals surface area (Å²) in [6.45, 7) is 6.88. The minimum Gasteiger partial charge on any atom is -0.389 e. The van der Waals surface area contributed by atoms with E-state index in [1.54, 1.807) is 0 Å². The molecule has 1 aliphatic heterocycles. The highest BCUT2D eigenvalue weighted by atomic mass is 16.3. The van der Waals surface area contributed by atoms with Crippen molar-refractivity contribution < 1.29 is 9.90 Å². The third-order valence-corrected chi connectivity index (χ3v) is 7.21. The van der Waals surface area contributed by atoms with Gasteiger partial charge >= 0.3 is 0 Å². The van der Waals surface area contributed by atoms with Crippen molar-refractivity contribution in [2.75, 3.05) is 24.5 Å². The summed E-state index contributed by atoms with van der Waals surface area (Å²) < 4.78 is 0. The highest BCUT2D eigenvalue weighted by molar-refractivity contribution is 5.94. The smallest absolute Gasteiger partial charge is 0.254 e. The number of amides is 1. The van der Waals surface area contributed by atoms with Crippen molar-refractivity contribution in [2.45, 2.75) is 57.6 Å². The van der Waals surface area contributed by atoms with E-state index in [1.165, 1.54) is 5.69 Å². The number of rotatable bonds is 5. The molecule has 0 spiro atoms. The third kappa shape index (κ3) is 3.85. The largest absolute Gasteiger partial charge is 0.389 e. The van der Waals surface area contributed by atoms with Crippen LogP contribution in [0.15, 0.2) is 54.6 Å². The molecule has 30 heavy (non-hydrogen) atoms. The maximum Gasteiger partial charge on any atom is 0.254 e. The Hall–Kier alpha value is -2.33. The molecule has 1 saturated heterocycles. The molecule has 3 atom stereocenters. The molecule has 4 nitrogen and oxygen atoms in total. The first-order valence-electron chi connectivity index (χ1n) is 11.5. The number of carbonyl (C=O) groups excluding carboxylic acids is 1. The van der Waals surface area contributed by atoms with E-state index in [0.29, 0.717) is 13.0 Å². The minimum absolute atomic E-state index is 0.0704. The van der Waals surface area contributed by atoms with E-state index in [1.807, 2.05) is 35.2 Å². The second-order valence-electron chi connectivity index (χ2n) is 8.78. The van der Waals surface area contributed by atoms with Gasteiger partial charge in [0.25, 0.3) is 5.91 Å².